The molecule has 0 spiro atoms. The van der Waals surface area contributed by atoms with Crippen LogP contribution in [0.4, 0.5) is 0 Å². The summed E-state index contributed by atoms with van der Waals surface area (Å²) in [5, 5.41) is 10.1. The molecule has 1 aromatic rings. The third-order valence-electron chi connectivity index (χ3n) is 2.51. The average molecular weight is 230 g/mol. The van der Waals surface area contributed by atoms with Crippen LogP contribution < -0.4 is 0 Å². The average Bonchev–Trinajstić information content (AvgIpc) is 2.70. The van der Waals surface area contributed by atoms with Crippen LogP contribution in [0.5, 0.6) is 0 Å². The highest BCUT2D eigenvalue weighted by Crippen LogP contribution is 2.34. The second kappa shape index (κ2) is 5.07. The van der Waals surface area contributed by atoms with Crippen LogP contribution >= 0.6 is 11.3 Å². The van der Waals surface area contributed by atoms with Crippen LogP contribution in [0.1, 0.15) is 36.3 Å². The van der Waals surface area contributed by atoms with Gasteiger partial charge in [-0.05, 0) is 25.5 Å². The first-order valence-corrected chi connectivity index (χ1v) is 5.75. The predicted octanol–water partition coefficient (Wildman–Crippen LogP) is 2.66. The monoisotopic (exact) mass is 230 g/mol. The number of hydrogen-bond acceptors (Lipinski definition) is 4. The van der Waals surface area contributed by atoms with E-state index < -0.39 is 5.60 Å². The second-order valence-corrected chi connectivity index (χ2v) is 4.75. The molecule has 3 nitrogen and oxygen atoms in total. The fourth-order valence-electron chi connectivity index (χ4n) is 1.27. The Morgan fingerprint density at radius 3 is 2.47 bits per heavy atom. The molecule has 0 aliphatic carbocycles. The lowest BCUT2D eigenvalue weighted by Gasteiger charge is -2.19. The lowest BCUT2D eigenvalue weighted by Crippen LogP contribution is -2.17. The Balaban J connectivity index is 2.89. The standard InChI is InChI=1S/C11H18O3S/c1-5-11(2,12)9-7-6-8(15-9)10(13-3)14-4/h6-7,10,12H,5H2,1-4H3. The molecular weight excluding hydrogens is 212 g/mol. The Hall–Kier alpha value is -0.420. The first-order valence-electron chi connectivity index (χ1n) is 4.93. The summed E-state index contributed by atoms with van der Waals surface area (Å²) in [6.45, 7) is 3.78. The normalized spacial score (nSPS) is 15.6. The molecule has 0 aliphatic heterocycles. The summed E-state index contributed by atoms with van der Waals surface area (Å²) in [5.41, 5.74) is -0.755. The van der Waals surface area contributed by atoms with E-state index in [2.05, 4.69) is 0 Å². The Labute approximate surface area is 94.6 Å². The Morgan fingerprint density at radius 1 is 1.40 bits per heavy atom. The molecule has 0 saturated heterocycles. The van der Waals surface area contributed by atoms with Gasteiger partial charge in [-0.2, -0.15) is 0 Å². The maximum absolute atomic E-state index is 10.1. The summed E-state index contributed by atoms with van der Waals surface area (Å²) in [5.74, 6) is 0. The third kappa shape index (κ3) is 2.78. The Bertz CT molecular complexity index is 303. The largest absolute Gasteiger partial charge is 0.385 e. The van der Waals surface area contributed by atoms with Gasteiger partial charge in [-0.15, -0.1) is 11.3 Å². The summed E-state index contributed by atoms with van der Waals surface area (Å²) in [4.78, 5) is 1.92. The first kappa shape index (κ1) is 12.6. The zero-order chi connectivity index (χ0) is 11.5. The van der Waals surface area contributed by atoms with Gasteiger partial charge >= 0.3 is 0 Å². The summed E-state index contributed by atoms with van der Waals surface area (Å²) < 4.78 is 10.3. The SMILES string of the molecule is CCC(C)(O)c1ccc(C(OC)OC)s1. The molecule has 15 heavy (non-hydrogen) atoms. The van der Waals surface area contributed by atoms with Crippen LogP contribution in [0.3, 0.4) is 0 Å². The van der Waals surface area contributed by atoms with E-state index in [0.29, 0.717) is 6.42 Å². The van der Waals surface area contributed by atoms with Crippen molar-refractivity contribution in [1.29, 1.82) is 0 Å². The molecule has 0 fully saturated rings. The van der Waals surface area contributed by atoms with E-state index in [4.69, 9.17) is 9.47 Å². The van der Waals surface area contributed by atoms with Crippen LogP contribution in [0, 0.1) is 0 Å². The molecule has 0 saturated carbocycles. The van der Waals surface area contributed by atoms with E-state index in [1.165, 1.54) is 11.3 Å². The molecule has 0 radical (unpaired) electrons. The van der Waals surface area contributed by atoms with E-state index in [0.717, 1.165) is 9.75 Å². The minimum atomic E-state index is -0.755. The predicted molar refractivity (Wildman–Crippen MR) is 60.9 cm³/mol. The molecule has 4 heteroatoms. The van der Waals surface area contributed by atoms with Crippen LogP contribution in [0.15, 0.2) is 12.1 Å². The van der Waals surface area contributed by atoms with Gasteiger partial charge in [-0.25, -0.2) is 0 Å². The van der Waals surface area contributed by atoms with E-state index in [1.807, 2.05) is 26.0 Å². The number of rotatable bonds is 5. The van der Waals surface area contributed by atoms with Crippen molar-refractivity contribution in [2.45, 2.75) is 32.2 Å². The summed E-state index contributed by atoms with van der Waals surface area (Å²) >= 11 is 1.52. The molecule has 0 aliphatic rings. The maximum atomic E-state index is 10.1. The second-order valence-electron chi connectivity index (χ2n) is 3.63. The Kier molecular flexibility index (Phi) is 4.28. The maximum Gasteiger partial charge on any atom is 0.192 e. The van der Waals surface area contributed by atoms with Gasteiger partial charge in [0, 0.05) is 19.1 Å². The Morgan fingerprint density at radius 2 is 2.00 bits per heavy atom. The highest BCUT2D eigenvalue weighted by Gasteiger charge is 2.24. The van der Waals surface area contributed by atoms with E-state index in [1.54, 1.807) is 14.2 Å². The topological polar surface area (TPSA) is 38.7 Å². The van der Waals surface area contributed by atoms with Crippen LogP contribution in [0.2, 0.25) is 0 Å². The fraction of sp³-hybridized carbons (Fsp3) is 0.636. The van der Waals surface area contributed by atoms with Crippen molar-refractivity contribution in [3.63, 3.8) is 0 Å². The highest BCUT2D eigenvalue weighted by atomic mass is 32.1. The third-order valence-corrected chi connectivity index (χ3v) is 3.87. The van der Waals surface area contributed by atoms with E-state index in [-0.39, 0.29) is 6.29 Å². The van der Waals surface area contributed by atoms with Gasteiger partial charge in [0.2, 0.25) is 0 Å². The summed E-state index contributed by atoms with van der Waals surface area (Å²) in [7, 11) is 3.21. The molecule has 0 bridgehead atoms. The molecule has 1 unspecified atom stereocenters. The molecule has 1 aromatic heterocycles. The van der Waals surface area contributed by atoms with Crippen molar-refractivity contribution < 1.29 is 14.6 Å². The zero-order valence-corrected chi connectivity index (χ0v) is 10.4. The van der Waals surface area contributed by atoms with Gasteiger partial charge in [0.1, 0.15) is 0 Å². The van der Waals surface area contributed by atoms with Crippen LogP contribution in [0.25, 0.3) is 0 Å². The number of thiophene rings is 1. The van der Waals surface area contributed by atoms with Crippen molar-refractivity contribution in [3.8, 4) is 0 Å². The molecule has 0 aromatic carbocycles. The number of methoxy groups -OCH3 is 2. The molecule has 1 N–H and O–H groups in total. The minimum absolute atomic E-state index is 0.337. The van der Waals surface area contributed by atoms with Gasteiger partial charge < -0.3 is 14.6 Å². The van der Waals surface area contributed by atoms with Gasteiger partial charge in [-0.1, -0.05) is 6.92 Å². The van der Waals surface area contributed by atoms with Crippen molar-refractivity contribution >= 4 is 11.3 Å². The minimum Gasteiger partial charge on any atom is -0.385 e. The quantitative estimate of drug-likeness (QED) is 0.790. The highest BCUT2D eigenvalue weighted by molar-refractivity contribution is 7.12. The lowest BCUT2D eigenvalue weighted by molar-refractivity contribution is -0.103. The lowest BCUT2D eigenvalue weighted by atomic mass is 10.0. The van der Waals surface area contributed by atoms with Crippen molar-refractivity contribution in [2.24, 2.45) is 0 Å². The fourth-order valence-corrected chi connectivity index (χ4v) is 2.45. The summed E-state index contributed by atoms with van der Waals surface area (Å²) in [6.07, 6.45) is 0.355. The summed E-state index contributed by atoms with van der Waals surface area (Å²) in [6, 6.07) is 3.86. The molecule has 1 rings (SSSR count). The molecule has 1 heterocycles. The van der Waals surface area contributed by atoms with Crippen LogP contribution in [-0.4, -0.2) is 19.3 Å². The van der Waals surface area contributed by atoms with Gasteiger partial charge in [-0.3, -0.25) is 0 Å². The number of ether oxygens (including phenoxy) is 2. The first-order chi connectivity index (χ1) is 7.05. The van der Waals surface area contributed by atoms with E-state index >= 15 is 0 Å². The molecule has 1 atom stereocenters. The van der Waals surface area contributed by atoms with Crippen molar-refractivity contribution in [3.05, 3.63) is 21.9 Å². The van der Waals surface area contributed by atoms with Gasteiger partial charge in [0.05, 0.1) is 10.5 Å². The van der Waals surface area contributed by atoms with Gasteiger partial charge in [0.25, 0.3) is 0 Å². The number of hydrogen-bond donors (Lipinski definition) is 1. The van der Waals surface area contributed by atoms with Crippen molar-refractivity contribution in [2.75, 3.05) is 14.2 Å². The smallest absolute Gasteiger partial charge is 0.192 e. The van der Waals surface area contributed by atoms with Crippen molar-refractivity contribution in [1.82, 2.24) is 0 Å². The number of aliphatic hydroxyl groups is 1. The van der Waals surface area contributed by atoms with Crippen LogP contribution in [-0.2, 0) is 15.1 Å². The zero-order valence-electron chi connectivity index (χ0n) is 9.61. The van der Waals surface area contributed by atoms with E-state index in [9.17, 15) is 5.11 Å². The molecule has 86 valence electrons. The molecule has 0 amide bonds. The van der Waals surface area contributed by atoms with Gasteiger partial charge in [0.15, 0.2) is 6.29 Å². The molecular formula is C11H18O3S.